The standard InChI is InChI=1S/C18H34N4O7S/c1-8(2)13(17(27)22-14(10(4)24)18(28)29)21-15(25)11(6-7-30-5)20-16(26)12(19)9(3)23/h8-14,23-24H,6-7,19H2,1-5H3,(H,20,26)(H,21,25)(H,22,27)(H,28,29). The average molecular weight is 451 g/mol. The van der Waals surface area contributed by atoms with Crippen LogP contribution in [0.5, 0.6) is 0 Å². The summed E-state index contributed by atoms with van der Waals surface area (Å²) in [7, 11) is 0. The van der Waals surface area contributed by atoms with Gasteiger partial charge < -0.3 is 37.0 Å². The molecule has 0 rings (SSSR count). The van der Waals surface area contributed by atoms with Crippen LogP contribution in [0.1, 0.15) is 34.1 Å². The Morgan fingerprint density at radius 2 is 1.40 bits per heavy atom. The molecule has 0 heterocycles. The first-order valence-corrected chi connectivity index (χ1v) is 11.0. The third-order valence-electron chi connectivity index (χ3n) is 4.36. The van der Waals surface area contributed by atoms with Crippen molar-refractivity contribution in [1.29, 1.82) is 0 Å². The number of carboxylic acid groups (broad SMARTS) is 1. The molecule has 30 heavy (non-hydrogen) atoms. The molecule has 11 nitrogen and oxygen atoms in total. The number of aliphatic hydroxyl groups is 2. The molecule has 0 saturated carbocycles. The van der Waals surface area contributed by atoms with Crippen molar-refractivity contribution in [2.75, 3.05) is 12.0 Å². The zero-order valence-electron chi connectivity index (χ0n) is 17.9. The molecule has 0 aromatic carbocycles. The highest BCUT2D eigenvalue weighted by molar-refractivity contribution is 7.98. The molecule has 3 amide bonds. The van der Waals surface area contributed by atoms with Crippen LogP contribution in [0, 0.1) is 5.92 Å². The van der Waals surface area contributed by atoms with Gasteiger partial charge in [-0.25, -0.2) is 4.79 Å². The number of nitrogens with one attached hydrogen (secondary N) is 3. The summed E-state index contributed by atoms with van der Waals surface area (Å²) in [6.45, 7) is 5.88. The second kappa shape index (κ2) is 13.4. The second-order valence-corrected chi connectivity index (χ2v) is 8.39. The number of hydrogen-bond donors (Lipinski definition) is 7. The number of carbonyl (C=O) groups is 4. The summed E-state index contributed by atoms with van der Waals surface area (Å²) in [5.41, 5.74) is 5.60. The van der Waals surface area contributed by atoms with Crippen LogP contribution in [0.25, 0.3) is 0 Å². The van der Waals surface area contributed by atoms with Gasteiger partial charge in [0.15, 0.2) is 6.04 Å². The molecule has 6 unspecified atom stereocenters. The van der Waals surface area contributed by atoms with E-state index in [-0.39, 0.29) is 6.42 Å². The molecule has 0 fully saturated rings. The number of aliphatic carboxylic acids is 1. The summed E-state index contributed by atoms with van der Waals surface area (Å²) in [5, 5.41) is 35.4. The predicted octanol–water partition coefficient (Wildman–Crippen LogP) is -1.98. The minimum absolute atomic E-state index is 0.253. The summed E-state index contributed by atoms with van der Waals surface area (Å²) in [6, 6.07) is -4.86. The number of carbonyl (C=O) groups excluding carboxylic acids is 3. The SMILES string of the molecule is CSCCC(NC(=O)C(N)C(C)O)C(=O)NC(C(=O)NC(C(=O)O)C(C)O)C(C)C. The number of rotatable bonds is 13. The molecular weight excluding hydrogens is 416 g/mol. The number of carboxylic acids is 1. The lowest BCUT2D eigenvalue weighted by Gasteiger charge is -2.27. The molecule has 0 radical (unpaired) electrons. The van der Waals surface area contributed by atoms with E-state index in [1.165, 1.54) is 25.6 Å². The van der Waals surface area contributed by atoms with E-state index >= 15 is 0 Å². The van der Waals surface area contributed by atoms with Gasteiger partial charge in [0.25, 0.3) is 0 Å². The molecule has 174 valence electrons. The van der Waals surface area contributed by atoms with E-state index in [1.54, 1.807) is 13.8 Å². The number of thioether (sulfide) groups is 1. The average Bonchev–Trinajstić information content (AvgIpc) is 2.64. The van der Waals surface area contributed by atoms with Gasteiger partial charge in [-0.2, -0.15) is 11.8 Å². The zero-order chi connectivity index (χ0) is 23.6. The van der Waals surface area contributed by atoms with E-state index in [0.29, 0.717) is 5.75 Å². The summed E-state index contributed by atoms with van der Waals surface area (Å²) in [5.74, 6) is -3.42. The van der Waals surface area contributed by atoms with Gasteiger partial charge in [0.05, 0.1) is 12.2 Å². The van der Waals surface area contributed by atoms with Crippen molar-refractivity contribution in [3.8, 4) is 0 Å². The summed E-state index contributed by atoms with van der Waals surface area (Å²) in [6.07, 6.45) is -0.379. The largest absolute Gasteiger partial charge is 0.480 e. The quantitative estimate of drug-likeness (QED) is 0.167. The van der Waals surface area contributed by atoms with Gasteiger partial charge in [0, 0.05) is 0 Å². The van der Waals surface area contributed by atoms with Crippen LogP contribution in [-0.2, 0) is 19.2 Å². The lowest BCUT2D eigenvalue weighted by Crippen LogP contribution is -2.60. The highest BCUT2D eigenvalue weighted by Gasteiger charge is 2.33. The van der Waals surface area contributed by atoms with E-state index in [2.05, 4.69) is 16.0 Å². The molecule has 0 aromatic heterocycles. The summed E-state index contributed by atoms with van der Waals surface area (Å²) < 4.78 is 0. The van der Waals surface area contributed by atoms with E-state index in [1.807, 2.05) is 6.26 Å². The number of hydrogen-bond acceptors (Lipinski definition) is 8. The zero-order valence-corrected chi connectivity index (χ0v) is 18.7. The van der Waals surface area contributed by atoms with Crippen LogP contribution < -0.4 is 21.7 Å². The predicted molar refractivity (Wildman–Crippen MR) is 113 cm³/mol. The molecule has 6 atom stereocenters. The Morgan fingerprint density at radius 3 is 1.80 bits per heavy atom. The topological polar surface area (TPSA) is 191 Å². The van der Waals surface area contributed by atoms with Crippen molar-refractivity contribution in [3.05, 3.63) is 0 Å². The second-order valence-electron chi connectivity index (χ2n) is 7.40. The molecule has 0 aliphatic carbocycles. The van der Waals surface area contributed by atoms with Crippen LogP contribution in [0.4, 0.5) is 0 Å². The van der Waals surface area contributed by atoms with Crippen molar-refractivity contribution >= 4 is 35.5 Å². The Morgan fingerprint density at radius 1 is 0.867 bits per heavy atom. The molecule has 12 heteroatoms. The molecular formula is C18H34N4O7S. The fraction of sp³-hybridized carbons (Fsp3) is 0.778. The van der Waals surface area contributed by atoms with E-state index in [4.69, 9.17) is 10.8 Å². The Balaban J connectivity index is 5.38. The third-order valence-corrected chi connectivity index (χ3v) is 5.00. The first-order valence-electron chi connectivity index (χ1n) is 9.58. The molecule has 8 N–H and O–H groups in total. The van der Waals surface area contributed by atoms with Crippen molar-refractivity contribution in [3.63, 3.8) is 0 Å². The highest BCUT2D eigenvalue weighted by atomic mass is 32.2. The molecule has 0 saturated heterocycles. The number of amides is 3. The van der Waals surface area contributed by atoms with Gasteiger partial charge in [0.2, 0.25) is 17.7 Å². The minimum atomic E-state index is -1.54. The third kappa shape index (κ3) is 9.28. The summed E-state index contributed by atoms with van der Waals surface area (Å²) >= 11 is 1.45. The van der Waals surface area contributed by atoms with Crippen LogP contribution in [0.3, 0.4) is 0 Å². The van der Waals surface area contributed by atoms with E-state index in [0.717, 1.165) is 0 Å². The van der Waals surface area contributed by atoms with E-state index < -0.39 is 66.0 Å². The first kappa shape index (κ1) is 28.1. The Labute approximate surface area is 180 Å². The highest BCUT2D eigenvalue weighted by Crippen LogP contribution is 2.07. The van der Waals surface area contributed by atoms with Crippen molar-refractivity contribution < 1.29 is 34.5 Å². The summed E-state index contributed by atoms with van der Waals surface area (Å²) in [4.78, 5) is 48.7. The van der Waals surface area contributed by atoms with Crippen LogP contribution >= 0.6 is 11.8 Å². The van der Waals surface area contributed by atoms with Crippen LogP contribution in [0.15, 0.2) is 0 Å². The fourth-order valence-corrected chi connectivity index (χ4v) is 2.88. The monoisotopic (exact) mass is 450 g/mol. The Bertz CT molecular complexity index is 601. The molecule has 0 spiro atoms. The first-order chi connectivity index (χ1) is 13.8. The smallest absolute Gasteiger partial charge is 0.328 e. The fourth-order valence-electron chi connectivity index (χ4n) is 2.41. The number of nitrogens with two attached hydrogens (primary N) is 1. The molecule has 0 aliphatic heterocycles. The molecule has 0 aromatic rings. The lowest BCUT2D eigenvalue weighted by molar-refractivity contribution is -0.145. The van der Waals surface area contributed by atoms with Gasteiger partial charge in [-0.1, -0.05) is 13.8 Å². The van der Waals surface area contributed by atoms with Crippen LogP contribution in [0.2, 0.25) is 0 Å². The van der Waals surface area contributed by atoms with Gasteiger partial charge in [-0.3, -0.25) is 14.4 Å². The van der Waals surface area contributed by atoms with Gasteiger partial charge >= 0.3 is 5.97 Å². The van der Waals surface area contributed by atoms with Gasteiger partial charge in [-0.05, 0) is 38.2 Å². The van der Waals surface area contributed by atoms with Crippen LogP contribution in [-0.4, -0.2) is 87.4 Å². The Kier molecular flexibility index (Phi) is 12.6. The minimum Gasteiger partial charge on any atom is -0.480 e. The lowest BCUT2D eigenvalue weighted by atomic mass is 10.0. The molecule has 0 bridgehead atoms. The van der Waals surface area contributed by atoms with E-state index in [9.17, 15) is 29.4 Å². The van der Waals surface area contributed by atoms with Gasteiger partial charge in [-0.15, -0.1) is 0 Å². The normalized spacial score (nSPS) is 17.2. The maximum atomic E-state index is 12.8. The van der Waals surface area contributed by atoms with Crippen molar-refractivity contribution in [1.82, 2.24) is 16.0 Å². The molecule has 0 aliphatic rings. The maximum Gasteiger partial charge on any atom is 0.328 e. The van der Waals surface area contributed by atoms with Crippen molar-refractivity contribution in [2.24, 2.45) is 11.7 Å². The Hall–Kier alpha value is -1.89. The number of aliphatic hydroxyl groups excluding tert-OH is 2. The van der Waals surface area contributed by atoms with Gasteiger partial charge in [0.1, 0.15) is 18.1 Å². The maximum absolute atomic E-state index is 12.8. The van der Waals surface area contributed by atoms with Crippen molar-refractivity contribution in [2.45, 2.75) is 70.5 Å².